The van der Waals surface area contributed by atoms with E-state index < -0.39 is 17.7 Å². The van der Waals surface area contributed by atoms with Gasteiger partial charge < -0.3 is 14.8 Å². The lowest BCUT2D eigenvalue weighted by atomic mass is 9.90. The Hall–Kier alpha value is -3.18. The fourth-order valence-corrected chi connectivity index (χ4v) is 5.13. The maximum Gasteiger partial charge on any atom is 0.236 e. The molecule has 1 unspecified atom stereocenters. The first kappa shape index (κ1) is 27.4. The second kappa shape index (κ2) is 12.3. The van der Waals surface area contributed by atoms with Crippen molar-refractivity contribution in [3.63, 3.8) is 0 Å². The Kier molecular flexibility index (Phi) is 8.66. The number of para-hydroxylation sites is 1. The molecule has 3 heterocycles. The third-order valence-corrected chi connectivity index (χ3v) is 7.22. The van der Waals surface area contributed by atoms with Crippen LogP contribution in [-0.2, 0) is 20.8 Å². The van der Waals surface area contributed by atoms with Crippen LogP contribution in [0.25, 0.3) is 5.69 Å². The van der Waals surface area contributed by atoms with Crippen LogP contribution in [0.3, 0.4) is 0 Å². The summed E-state index contributed by atoms with van der Waals surface area (Å²) in [6.07, 6.45) is -0.238. The van der Waals surface area contributed by atoms with Crippen molar-refractivity contribution in [2.75, 3.05) is 39.4 Å². The lowest BCUT2D eigenvalue weighted by Gasteiger charge is -2.23. The van der Waals surface area contributed by atoms with Gasteiger partial charge in [-0.05, 0) is 36.8 Å². The zero-order valence-corrected chi connectivity index (χ0v) is 22.2. The molecule has 2 saturated heterocycles. The molecule has 0 radical (unpaired) electrons. The van der Waals surface area contributed by atoms with Gasteiger partial charge in [-0.15, -0.1) is 5.10 Å². The molecule has 0 amide bonds. The summed E-state index contributed by atoms with van der Waals surface area (Å²) >= 11 is 0. The first-order valence-electron chi connectivity index (χ1n) is 13.4. The van der Waals surface area contributed by atoms with Gasteiger partial charge >= 0.3 is 0 Å². The number of hydroxylamine groups is 2. The predicted octanol–water partition coefficient (Wildman–Crippen LogP) is 3.95. The van der Waals surface area contributed by atoms with Gasteiger partial charge in [0.1, 0.15) is 24.6 Å². The van der Waals surface area contributed by atoms with Crippen LogP contribution in [0.1, 0.15) is 36.3 Å². The van der Waals surface area contributed by atoms with Crippen molar-refractivity contribution in [2.45, 2.75) is 38.9 Å². The van der Waals surface area contributed by atoms with Gasteiger partial charge in [-0.25, -0.2) is 13.5 Å². The molecule has 2 aliphatic heterocycles. The zero-order valence-electron chi connectivity index (χ0n) is 22.2. The van der Waals surface area contributed by atoms with Crippen molar-refractivity contribution in [1.29, 1.82) is 0 Å². The number of halogens is 2. The highest BCUT2D eigenvalue weighted by Gasteiger charge is 2.36. The Morgan fingerprint density at radius 2 is 2.00 bits per heavy atom. The molecule has 10 heteroatoms. The number of carbonyl (C=O) groups excluding carboxylic acids is 1. The summed E-state index contributed by atoms with van der Waals surface area (Å²) in [6.45, 7) is 7.52. The molecule has 8 nitrogen and oxygen atoms in total. The van der Waals surface area contributed by atoms with Crippen molar-refractivity contribution in [3.8, 4) is 11.6 Å². The quantitative estimate of drug-likeness (QED) is 0.417. The number of aromatic nitrogens is 2. The molecule has 3 aromatic rings. The molecular formula is C29H34F2N4O4. The minimum absolute atomic E-state index is 0.000631. The van der Waals surface area contributed by atoms with E-state index in [2.05, 4.69) is 5.32 Å². The van der Waals surface area contributed by atoms with Crippen molar-refractivity contribution in [2.24, 2.45) is 5.92 Å². The van der Waals surface area contributed by atoms with E-state index in [1.54, 1.807) is 9.75 Å². The number of hydrogen-bond acceptors (Lipinski definition) is 7. The monoisotopic (exact) mass is 540 g/mol. The van der Waals surface area contributed by atoms with E-state index in [1.165, 1.54) is 6.07 Å². The number of nitrogens with zero attached hydrogens (tertiary/aromatic N) is 3. The highest BCUT2D eigenvalue weighted by Crippen LogP contribution is 2.37. The third-order valence-electron chi connectivity index (χ3n) is 7.22. The minimum atomic E-state index is -0.930. The van der Waals surface area contributed by atoms with Crippen LogP contribution >= 0.6 is 0 Å². The van der Waals surface area contributed by atoms with E-state index >= 15 is 0 Å². The maximum atomic E-state index is 14.0. The van der Waals surface area contributed by atoms with Crippen molar-refractivity contribution >= 4 is 5.78 Å². The summed E-state index contributed by atoms with van der Waals surface area (Å²) in [5.74, 6) is -1.58. The summed E-state index contributed by atoms with van der Waals surface area (Å²) < 4.78 is 41.1. The number of ketones is 1. The molecule has 5 rings (SSSR count). The molecule has 1 aromatic heterocycles. The largest absolute Gasteiger partial charge is 0.474 e. The second-order valence-corrected chi connectivity index (χ2v) is 9.99. The Bertz CT molecular complexity index is 1280. The third kappa shape index (κ3) is 6.36. The van der Waals surface area contributed by atoms with Crippen molar-refractivity contribution in [3.05, 3.63) is 77.0 Å². The van der Waals surface area contributed by atoms with Gasteiger partial charge in [0.25, 0.3) is 0 Å². The Morgan fingerprint density at radius 3 is 2.72 bits per heavy atom. The minimum Gasteiger partial charge on any atom is -0.474 e. The van der Waals surface area contributed by atoms with E-state index in [-0.39, 0.29) is 30.6 Å². The normalized spacial score (nSPS) is 21.8. The van der Waals surface area contributed by atoms with Crippen LogP contribution in [0.2, 0.25) is 0 Å². The van der Waals surface area contributed by atoms with E-state index in [9.17, 15) is 13.6 Å². The van der Waals surface area contributed by atoms with Crippen LogP contribution in [0, 0.1) is 24.5 Å². The molecule has 1 N–H and O–H groups in total. The first-order valence-corrected chi connectivity index (χ1v) is 13.4. The van der Waals surface area contributed by atoms with E-state index in [4.69, 9.17) is 19.4 Å². The molecule has 0 spiro atoms. The van der Waals surface area contributed by atoms with Gasteiger partial charge in [0.15, 0.2) is 11.6 Å². The predicted molar refractivity (Wildman–Crippen MR) is 141 cm³/mol. The van der Waals surface area contributed by atoms with E-state index in [1.807, 2.05) is 44.2 Å². The molecule has 0 bridgehead atoms. The Balaban J connectivity index is 1.35. The summed E-state index contributed by atoms with van der Waals surface area (Å²) in [6, 6.07) is 13.4. The second-order valence-electron chi connectivity index (χ2n) is 9.99. The number of carbonyl (C=O) groups is 1. The molecule has 2 fully saturated rings. The average molecular weight is 541 g/mol. The number of morpholine rings is 1. The molecule has 2 aliphatic rings. The summed E-state index contributed by atoms with van der Waals surface area (Å²) in [7, 11) is 0. The van der Waals surface area contributed by atoms with E-state index in [0.29, 0.717) is 44.3 Å². The molecule has 208 valence electrons. The highest BCUT2D eigenvalue weighted by molar-refractivity contribution is 5.81. The van der Waals surface area contributed by atoms with Gasteiger partial charge in [0, 0.05) is 50.5 Å². The van der Waals surface area contributed by atoms with Crippen LogP contribution in [0.5, 0.6) is 5.88 Å². The van der Waals surface area contributed by atoms with Crippen LogP contribution in [0.15, 0.2) is 48.5 Å². The van der Waals surface area contributed by atoms with Crippen molar-refractivity contribution < 1.29 is 27.9 Å². The average Bonchev–Trinajstić information content (AvgIpc) is 3.50. The molecule has 39 heavy (non-hydrogen) atoms. The fraction of sp³-hybridized carbons (Fsp3) is 0.448. The molecule has 2 aromatic carbocycles. The molecule has 3 atom stereocenters. The highest BCUT2D eigenvalue weighted by atomic mass is 19.2. The fourth-order valence-electron chi connectivity index (χ4n) is 5.13. The van der Waals surface area contributed by atoms with E-state index in [0.717, 1.165) is 35.6 Å². The number of hydrogen-bond donors (Lipinski definition) is 1. The zero-order chi connectivity index (χ0) is 27.4. The summed E-state index contributed by atoms with van der Waals surface area (Å²) in [5.41, 5.74) is 2.89. The lowest BCUT2D eigenvalue weighted by Crippen LogP contribution is -2.41. The summed E-state index contributed by atoms with van der Waals surface area (Å²) in [4.78, 5) is 19.5. The van der Waals surface area contributed by atoms with Crippen LogP contribution in [-0.4, -0.2) is 66.1 Å². The smallest absolute Gasteiger partial charge is 0.236 e. The van der Waals surface area contributed by atoms with Gasteiger partial charge in [0.2, 0.25) is 5.88 Å². The topological polar surface area (TPSA) is 77.9 Å². The van der Waals surface area contributed by atoms with Gasteiger partial charge in [0.05, 0.1) is 18.0 Å². The number of benzene rings is 2. The standard InChI is InChI=1S/C29H34F2N4O4/c1-3-34-17-21(28(39-34)20-9-10-25(30)26(31)14-20)13-23(36)15-27-19(2)29(38-18-24-16-32-11-12-37-24)33-35(27)22-7-5-4-6-8-22/h4-10,14,21,24,28,32H,3,11-13,15-18H2,1-2H3/t21-,24?,28+/m1/s1. The molecule has 0 aliphatic carbocycles. The maximum absolute atomic E-state index is 14.0. The lowest BCUT2D eigenvalue weighted by molar-refractivity contribution is -0.146. The SMILES string of the molecule is CCN1C[C@@H](CC(=O)Cc2c(C)c(OCC3CNCCO3)nn2-c2ccccc2)[C@H](c2ccc(F)c(F)c2)O1. The van der Waals surface area contributed by atoms with Gasteiger partial charge in [-0.1, -0.05) is 31.2 Å². The Morgan fingerprint density at radius 1 is 1.18 bits per heavy atom. The summed E-state index contributed by atoms with van der Waals surface area (Å²) in [5, 5.41) is 9.76. The Labute approximate surface area is 226 Å². The van der Waals surface area contributed by atoms with Gasteiger partial charge in [-0.2, -0.15) is 5.06 Å². The number of nitrogens with one attached hydrogen (secondary N) is 1. The van der Waals surface area contributed by atoms with Gasteiger partial charge in [-0.3, -0.25) is 9.63 Å². The molecule has 0 saturated carbocycles. The van der Waals surface area contributed by atoms with Crippen LogP contribution in [0.4, 0.5) is 8.78 Å². The number of ether oxygens (including phenoxy) is 2. The van der Waals surface area contributed by atoms with Crippen LogP contribution < -0.4 is 10.1 Å². The van der Waals surface area contributed by atoms with Crippen molar-refractivity contribution in [1.82, 2.24) is 20.2 Å². The molecular weight excluding hydrogens is 506 g/mol. The first-order chi connectivity index (χ1) is 18.9. The number of rotatable bonds is 10. The number of Topliss-reactive ketones (excluding diaryl/α,β-unsaturated/α-hetero) is 1.